The van der Waals surface area contributed by atoms with Crippen LogP contribution in [0.3, 0.4) is 0 Å². The maximum absolute atomic E-state index is 12.5. The highest BCUT2D eigenvalue weighted by Crippen LogP contribution is 2.33. The van der Waals surface area contributed by atoms with Gasteiger partial charge in [0.1, 0.15) is 0 Å². The summed E-state index contributed by atoms with van der Waals surface area (Å²) in [5.74, 6) is 1.46. The van der Waals surface area contributed by atoms with Gasteiger partial charge < -0.3 is 14.4 Å². The summed E-state index contributed by atoms with van der Waals surface area (Å²) in [6.45, 7) is 3.35. The molecular weight excluding hydrogens is 314 g/mol. The molecule has 0 unspecified atom stereocenters. The maximum Gasteiger partial charge on any atom is 0.246 e. The van der Waals surface area contributed by atoms with E-state index in [0.717, 1.165) is 23.3 Å². The van der Waals surface area contributed by atoms with Crippen molar-refractivity contribution in [3.05, 3.63) is 64.7 Å². The van der Waals surface area contributed by atoms with E-state index >= 15 is 0 Å². The molecule has 130 valence electrons. The third-order valence-corrected chi connectivity index (χ3v) is 4.53. The summed E-state index contributed by atoms with van der Waals surface area (Å²) in [5, 5.41) is 0. The highest BCUT2D eigenvalue weighted by atomic mass is 16.5. The van der Waals surface area contributed by atoms with Gasteiger partial charge in [-0.2, -0.15) is 0 Å². The molecule has 25 heavy (non-hydrogen) atoms. The number of benzene rings is 2. The molecule has 1 heterocycles. The van der Waals surface area contributed by atoms with E-state index in [1.165, 1.54) is 11.1 Å². The number of nitrogens with zero attached hydrogens (tertiary/aromatic N) is 1. The number of amides is 1. The van der Waals surface area contributed by atoms with E-state index in [1.54, 1.807) is 20.3 Å². The fourth-order valence-electron chi connectivity index (χ4n) is 3.02. The Hall–Kier alpha value is -2.75. The summed E-state index contributed by atoms with van der Waals surface area (Å²) in [6.07, 6.45) is 4.34. The molecular formula is C21H23NO3. The van der Waals surface area contributed by atoms with Crippen LogP contribution in [-0.4, -0.2) is 31.6 Å². The van der Waals surface area contributed by atoms with Crippen molar-refractivity contribution in [2.75, 3.05) is 20.8 Å². The minimum Gasteiger partial charge on any atom is -0.493 e. The number of carbonyl (C=O) groups excluding carboxylic acids is 1. The van der Waals surface area contributed by atoms with Crippen molar-refractivity contribution >= 4 is 12.0 Å². The Bertz CT molecular complexity index is 794. The molecule has 0 saturated heterocycles. The number of aryl methyl sites for hydroxylation is 1. The lowest BCUT2D eigenvalue weighted by Crippen LogP contribution is -2.34. The van der Waals surface area contributed by atoms with Gasteiger partial charge in [0.05, 0.1) is 14.2 Å². The van der Waals surface area contributed by atoms with Gasteiger partial charge in [-0.3, -0.25) is 4.79 Å². The Balaban J connectivity index is 1.73. The molecule has 0 fully saturated rings. The minimum atomic E-state index is 0.0287. The monoisotopic (exact) mass is 337 g/mol. The van der Waals surface area contributed by atoms with Gasteiger partial charge in [0.15, 0.2) is 11.5 Å². The average Bonchev–Trinajstić information content (AvgIpc) is 2.65. The first-order valence-corrected chi connectivity index (χ1v) is 8.38. The number of fused-ring (bicyclic) bond motifs is 1. The second kappa shape index (κ2) is 7.43. The summed E-state index contributed by atoms with van der Waals surface area (Å²) >= 11 is 0. The molecule has 1 amide bonds. The van der Waals surface area contributed by atoms with Crippen LogP contribution in [0.5, 0.6) is 11.5 Å². The summed E-state index contributed by atoms with van der Waals surface area (Å²) in [6, 6.07) is 12.1. The Labute approximate surface area is 148 Å². The van der Waals surface area contributed by atoms with Crippen molar-refractivity contribution in [1.82, 2.24) is 4.90 Å². The van der Waals surface area contributed by atoms with Crippen LogP contribution in [-0.2, 0) is 17.8 Å². The molecule has 0 bridgehead atoms. The van der Waals surface area contributed by atoms with E-state index in [1.807, 2.05) is 54.3 Å². The van der Waals surface area contributed by atoms with E-state index in [4.69, 9.17) is 9.47 Å². The summed E-state index contributed by atoms with van der Waals surface area (Å²) < 4.78 is 10.7. The smallest absolute Gasteiger partial charge is 0.246 e. The standard InChI is InChI=1S/C21H23NO3/c1-15-4-6-16(7-5-15)8-9-21(23)22-11-10-17-12-19(24-2)20(25-3)13-18(17)14-22/h4-9,12-13H,10-11,14H2,1-3H3/b9-8+. The molecule has 4 nitrogen and oxygen atoms in total. The zero-order valence-electron chi connectivity index (χ0n) is 14.9. The molecule has 0 saturated carbocycles. The first kappa shape index (κ1) is 17.1. The van der Waals surface area contributed by atoms with Gasteiger partial charge in [0.2, 0.25) is 5.91 Å². The predicted molar refractivity (Wildman–Crippen MR) is 98.9 cm³/mol. The van der Waals surface area contributed by atoms with Crippen LogP contribution in [0.1, 0.15) is 22.3 Å². The van der Waals surface area contributed by atoms with Gasteiger partial charge in [-0.15, -0.1) is 0 Å². The summed E-state index contributed by atoms with van der Waals surface area (Å²) in [4.78, 5) is 14.4. The molecule has 0 atom stereocenters. The van der Waals surface area contributed by atoms with Gasteiger partial charge in [-0.25, -0.2) is 0 Å². The Morgan fingerprint density at radius 1 is 1.04 bits per heavy atom. The van der Waals surface area contributed by atoms with E-state index in [9.17, 15) is 4.79 Å². The van der Waals surface area contributed by atoms with Crippen molar-refractivity contribution in [1.29, 1.82) is 0 Å². The van der Waals surface area contributed by atoms with Crippen molar-refractivity contribution < 1.29 is 14.3 Å². The summed E-state index contributed by atoms with van der Waals surface area (Å²) in [5.41, 5.74) is 4.56. The van der Waals surface area contributed by atoms with Gasteiger partial charge in [0.25, 0.3) is 0 Å². The molecule has 0 aromatic heterocycles. The molecule has 0 aliphatic carbocycles. The third-order valence-electron chi connectivity index (χ3n) is 4.53. The molecule has 0 radical (unpaired) electrons. The van der Waals surface area contributed by atoms with E-state index < -0.39 is 0 Å². The quantitative estimate of drug-likeness (QED) is 0.800. The molecule has 2 aromatic rings. The van der Waals surface area contributed by atoms with Crippen molar-refractivity contribution in [3.8, 4) is 11.5 Å². The molecule has 3 rings (SSSR count). The number of hydrogen-bond acceptors (Lipinski definition) is 3. The first-order valence-electron chi connectivity index (χ1n) is 8.38. The zero-order valence-corrected chi connectivity index (χ0v) is 14.9. The highest BCUT2D eigenvalue weighted by Gasteiger charge is 2.21. The Morgan fingerprint density at radius 2 is 1.68 bits per heavy atom. The third kappa shape index (κ3) is 3.85. The van der Waals surface area contributed by atoms with Crippen LogP contribution in [0.2, 0.25) is 0 Å². The molecule has 4 heteroatoms. The molecule has 0 N–H and O–H groups in total. The largest absolute Gasteiger partial charge is 0.493 e. The number of rotatable bonds is 4. The Kier molecular flexibility index (Phi) is 5.08. The topological polar surface area (TPSA) is 38.8 Å². The number of hydrogen-bond donors (Lipinski definition) is 0. The molecule has 1 aliphatic heterocycles. The predicted octanol–water partition coefficient (Wildman–Crippen LogP) is 3.61. The lowest BCUT2D eigenvalue weighted by Gasteiger charge is -2.28. The lowest BCUT2D eigenvalue weighted by molar-refractivity contribution is -0.126. The molecule has 0 spiro atoms. The average molecular weight is 337 g/mol. The van der Waals surface area contributed by atoms with Crippen LogP contribution in [0.15, 0.2) is 42.5 Å². The zero-order chi connectivity index (χ0) is 17.8. The van der Waals surface area contributed by atoms with Gasteiger partial charge >= 0.3 is 0 Å². The fourth-order valence-corrected chi connectivity index (χ4v) is 3.02. The highest BCUT2D eigenvalue weighted by molar-refractivity contribution is 5.92. The van der Waals surface area contributed by atoms with Crippen molar-refractivity contribution in [3.63, 3.8) is 0 Å². The Morgan fingerprint density at radius 3 is 2.32 bits per heavy atom. The van der Waals surface area contributed by atoms with Crippen molar-refractivity contribution in [2.45, 2.75) is 19.9 Å². The second-order valence-corrected chi connectivity index (χ2v) is 6.23. The normalized spacial score (nSPS) is 13.6. The lowest BCUT2D eigenvalue weighted by atomic mass is 9.98. The first-order chi connectivity index (χ1) is 12.1. The molecule has 2 aromatic carbocycles. The van der Waals surface area contributed by atoms with Crippen LogP contribution in [0.25, 0.3) is 6.08 Å². The SMILES string of the molecule is COc1cc2c(cc1OC)CN(C(=O)/C=C/c1ccc(C)cc1)CC2. The van der Waals surface area contributed by atoms with Crippen LogP contribution >= 0.6 is 0 Å². The fraction of sp³-hybridized carbons (Fsp3) is 0.286. The van der Waals surface area contributed by atoms with Gasteiger partial charge in [-0.1, -0.05) is 29.8 Å². The van der Waals surface area contributed by atoms with Crippen LogP contribution < -0.4 is 9.47 Å². The van der Waals surface area contributed by atoms with Gasteiger partial charge in [-0.05, 0) is 48.2 Å². The minimum absolute atomic E-state index is 0.0287. The number of ether oxygens (including phenoxy) is 2. The molecule has 1 aliphatic rings. The maximum atomic E-state index is 12.5. The van der Waals surface area contributed by atoms with Crippen LogP contribution in [0.4, 0.5) is 0 Å². The van der Waals surface area contributed by atoms with E-state index in [0.29, 0.717) is 18.8 Å². The number of methoxy groups -OCH3 is 2. The van der Waals surface area contributed by atoms with E-state index in [-0.39, 0.29) is 5.91 Å². The number of carbonyl (C=O) groups is 1. The second-order valence-electron chi connectivity index (χ2n) is 6.23. The van der Waals surface area contributed by atoms with Crippen LogP contribution in [0, 0.1) is 6.92 Å². The summed E-state index contributed by atoms with van der Waals surface area (Å²) in [7, 11) is 3.26. The van der Waals surface area contributed by atoms with E-state index in [2.05, 4.69) is 0 Å². The van der Waals surface area contributed by atoms with Crippen molar-refractivity contribution in [2.24, 2.45) is 0 Å². The van der Waals surface area contributed by atoms with Gasteiger partial charge in [0, 0.05) is 19.2 Å².